The summed E-state index contributed by atoms with van der Waals surface area (Å²) in [5.74, 6) is -0.842. The van der Waals surface area contributed by atoms with E-state index in [0.717, 1.165) is 0 Å². The molecular formula is C9H10FNO2. The standard InChI is InChI=1S/C9H10FNO2/c1-13-9(12)5-6-4-7(10)2-3-8(6)11/h2-4H,5,11H2,1H3. The van der Waals surface area contributed by atoms with E-state index < -0.39 is 11.8 Å². The van der Waals surface area contributed by atoms with E-state index in [1.165, 1.54) is 25.3 Å². The predicted octanol–water partition coefficient (Wildman–Crippen LogP) is 1.12. The Balaban J connectivity index is 2.87. The van der Waals surface area contributed by atoms with Crippen molar-refractivity contribution in [3.63, 3.8) is 0 Å². The van der Waals surface area contributed by atoms with Crippen LogP contribution in [0.2, 0.25) is 0 Å². The molecule has 1 aromatic rings. The number of ether oxygens (including phenoxy) is 1. The minimum absolute atomic E-state index is 0.0000926. The van der Waals surface area contributed by atoms with Crippen LogP contribution in [0.3, 0.4) is 0 Å². The number of rotatable bonds is 2. The van der Waals surface area contributed by atoms with Crippen LogP contribution in [0.1, 0.15) is 5.56 Å². The first kappa shape index (κ1) is 9.51. The van der Waals surface area contributed by atoms with Crippen LogP contribution in [0.15, 0.2) is 18.2 Å². The van der Waals surface area contributed by atoms with Crippen molar-refractivity contribution >= 4 is 11.7 Å². The molecule has 0 saturated heterocycles. The van der Waals surface area contributed by atoms with E-state index in [4.69, 9.17) is 5.73 Å². The number of nitrogens with two attached hydrogens (primary N) is 1. The molecule has 2 N–H and O–H groups in total. The van der Waals surface area contributed by atoms with Gasteiger partial charge in [0.2, 0.25) is 0 Å². The van der Waals surface area contributed by atoms with Gasteiger partial charge in [-0.05, 0) is 23.8 Å². The van der Waals surface area contributed by atoms with Gasteiger partial charge in [-0.25, -0.2) is 4.39 Å². The number of carbonyl (C=O) groups excluding carboxylic acids is 1. The molecule has 3 nitrogen and oxygen atoms in total. The van der Waals surface area contributed by atoms with Gasteiger partial charge in [-0.3, -0.25) is 4.79 Å². The Kier molecular flexibility index (Phi) is 2.84. The second-order valence-corrected chi connectivity index (χ2v) is 2.60. The van der Waals surface area contributed by atoms with E-state index in [0.29, 0.717) is 11.3 Å². The van der Waals surface area contributed by atoms with Crippen LogP contribution in [0.5, 0.6) is 0 Å². The summed E-state index contributed by atoms with van der Waals surface area (Å²) in [4.78, 5) is 10.8. The van der Waals surface area contributed by atoms with Gasteiger partial charge in [0.15, 0.2) is 0 Å². The third-order valence-electron chi connectivity index (χ3n) is 1.67. The van der Waals surface area contributed by atoms with E-state index in [1.54, 1.807) is 0 Å². The number of methoxy groups -OCH3 is 1. The molecule has 0 fully saturated rings. The highest BCUT2D eigenvalue weighted by molar-refractivity contribution is 5.74. The number of esters is 1. The van der Waals surface area contributed by atoms with Gasteiger partial charge < -0.3 is 10.5 Å². The summed E-state index contributed by atoms with van der Waals surface area (Å²) in [6.07, 6.45) is 0.0000926. The number of hydrogen-bond acceptors (Lipinski definition) is 3. The van der Waals surface area contributed by atoms with Gasteiger partial charge >= 0.3 is 5.97 Å². The van der Waals surface area contributed by atoms with E-state index >= 15 is 0 Å². The lowest BCUT2D eigenvalue weighted by atomic mass is 10.1. The van der Waals surface area contributed by atoms with E-state index in [2.05, 4.69) is 4.74 Å². The molecule has 0 bridgehead atoms. The number of halogens is 1. The third kappa shape index (κ3) is 2.43. The van der Waals surface area contributed by atoms with Crippen molar-refractivity contribution in [2.45, 2.75) is 6.42 Å². The zero-order valence-corrected chi connectivity index (χ0v) is 7.21. The van der Waals surface area contributed by atoms with Gasteiger partial charge in [0.1, 0.15) is 5.82 Å². The Morgan fingerprint density at radius 2 is 2.31 bits per heavy atom. The van der Waals surface area contributed by atoms with Gasteiger partial charge in [0, 0.05) is 5.69 Å². The van der Waals surface area contributed by atoms with Crippen LogP contribution in [0, 0.1) is 5.82 Å². The number of carbonyl (C=O) groups is 1. The molecule has 0 aromatic heterocycles. The summed E-state index contributed by atoms with van der Waals surface area (Å²) in [7, 11) is 1.28. The molecule has 70 valence electrons. The fourth-order valence-corrected chi connectivity index (χ4v) is 0.955. The second-order valence-electron chi connectivity index (χ2n) is 2.60. The molecular weight excluding hydrogens is 173 g/mol. The molecule has 1 aromatic carbocycles. The SMILES string of the molecule is COC(=O)Cc1cc(F)ccc1N. The van der Waals surface area contributed by atoms with Crippen LogP contribution in [0.4, 0.5) is 10.1 Å². The highest BCUT2D eigenvalue weighted by Crippen LogP contribution is 2.14. The topological polar surface area (TPSA) is 52.3 Å². The van der Waals surface area contributed by atoms with Gasteiger partial charge in [0.05, 0.1) is 13.5 Å². The van der Waals surface area contributed by atoms with Crippen molar-refractivity contribution in [1.82, 2.24) is 0 Å². The van der Waals surface area contributed by atoms with Crippen molar-refractivity contribution in [3.8, 4) is 0 Å². The van der Waals surface area contributed by atoms with E-state index in [-0.39, 0.29) is 6.42 Å². The normalized spacial score (nSPS) is 9.69. The molecule has 0 amide bonds. The van der Waals surface area contributed by atoms with Crippen LogP contribution >= 0.6 is 0 Å². The summed E-state index contributed by atoms with van der Waals surface area (Å²) in [5.41, 5.74) is 6.36. The first-order chi connectivity index (χ1) is 6.13. The number of anilines is 1. The fraction of sp³-hybridized carbons (Fsp3) is 0.222. The van der Waals surface area contributed by atoms with E-state index in [1.807, 2.05) is 0 Å². The van der Waals surface area contributed by atoms with Gasteiger partial charge in [-0.2, -0.15) is 0 Å². The zero-order chi connectivity index (χ0) is 9.84. The first-order valence-corrected chi connectivity index (χ1v) is 3.74. The molecule has 0 saturated carbocycles. The third-order valence-corrected chi connectivity index (χ3v) is 1.67. The Labute approximate surface area is 75.3 Å². The molecule has 0 heterocycles. The maximum Gasteiger partial charge on any atom is 0.310 e. The summed E-state index contributed by atoms with van der Waals surface area (Å²) in [5, 5.41) is 0. The summed E-state index contributed by atoms with van der Waals surface area (Å²) < 4.78 is 17.1. The van der Waals surface area contributed by atoms with Gasteiger partial charge in [-0.1, -0.05) is 0 Å². The second kappa shape index (κ2) is 3.89. The quantitative estimate of drug-likeness (QED) is 0.552. The molecule has 0 atom stereocenters. The molecule has 0 spiro atoms. The minimum atomic E-state index is -0.433. The molecule has 0 radical (unpaired) electrons. The van der Waals surface area contributed by atoms with Crippen molar-refractivity contribution in [2.24, 2.45) is 0 Å². The summed E-state index contributed by atoms with van der Waals surface area (Å²) in [6, 6.07) is 3.90. The largest absolute Gasteiger partial charge is 0.469 e. The Hall–Kier alpha value is -1.58. The Morgan fingerprint density at radius 3 is 2.92 bits per heavy atom. The van der Waals surface area contributed by atoms with Crippen LogP contribution < -0.4 is 5.73 Å². The monoisotopic (exact) mass is 183 g/mol. The van der Waals surface area contributed by atoms with Gasteiger partial charge in [-0.15, -0.1) is 0 Å². The number of benzene rings is 1. The highest BCUT2D eigenvalue weighted by atomic mass is 19.1. The lowest BCUT2D eigenvalue weighted by Crippen LogP contribution is -2.07. The maximum atomic E-state index is 12.7. The average Bonchev–Trinajstić information content (AvgIpc) is 2.11. The Bertz CT molecular complexity index is 325. The minimum Gasteiger partial charge on any atom is -0.469 e. The van der Waals surface area contributed by atoms with Crippen molar-refractivity contribution < 1.29 is 13.9 Å². The summed E-state index contributed by atoms with van der Waals surface area (Å²) in [6.45, 7) is 0. The Morgan fingerprint density at radius 1 is 1.62 bits per heavy atom. The average molecular weight is 183 g/mol. The smallest absolute Gasteiger partial charge is 0.310 e. The van der Waals surface area contributed by atoms with Crippen LogP contribution in [-0.2, 0) is 16.0 Å². The predicted molar refractivity (Wildman–Crippen MR) is 46.5 cm³/mol. The molecule has 13 heavy (non-hydrogen) atoms. The lowest BCUT2D eigenvalue weighted by Gasteiger charge is -2.03. The van der Waals surface area contributed by atoms with Crippen LogP contribution in [0.25, 0.3) is 0 Å². The molecule has 0 unspecified atom stereocenters. The van der Waals surface area contributed by atoms with E-state index in [9.17, 15) is 9.18 Å². The van der Waals surface area contributed by atoms with Crippen LogP contribution in [-0.4, -0.2) is 13.1 Å². The van der Waals surface area contributed by atoms with Crippen molar-refractivity contribution in [1.29, 1.82) is 0 Å². The molecule has 4 heteroatoms. The highest BCUT2D eigenvalue weighted by Gasteiger charge is 2.06. The maximum absolute atomic E-state index is 12.7. The fourth-order valence-electron chi connectivity index (χ4n) is 0.955. The lowest BCUT2D eigenvalue weighted by molar-refractivity contribution is -0.139. The molecule has 0 aliphatic heterocycles. The first-order valence-electron chi connectivity index (χ1n) is 3.74. The van der Waals surface area contributed by atoms with Gasteiger partial charge in [0.25, 0.3) is 0 Å². The summed E-state index contributed by atoms with van der Waals surface area (Å²) >= 11 is 0. The molecule has 0 aliphatic rings. The number of nitrogen functional groups attached to an aromatic ring is 1. The number of hydrogen-bond donors (Lipinski definition) is 1. The zero-order valence-electron chi connectivity index (χ0n) is 7.21. The van der Waals surface area contributed by atoms with Crippen molar-refractivity contribution in [3.05, 3.63) is 29.6 Å². The molecule has 0 aliphatic carbocycles. The molecule has 1 rings (SSSR count). The van der Waals surface area contributed by atoms with Crippen molar-refractivity contribution in [2.75, 3.05) is 12.8 Å².